The van der Waals surface area contributed by atoms with Gasteiger partial charge in [-0.2, -0.15) is 4.31 Å². The van der Waals surface area contributed by atoms with Crippen LogP contribution < -0.4 is 0 Å². The van der Waals surface area contributed by atoms with E-state index in [0.717, 1.165) is 37.8 Å². The molecule has 0 aliphatic carbocycles. The fourth-order valence-electron chi connectivity index (χ4n) is 4.21. The lowest BCUT2D eigenvalue weighted by Gasteiger charge is -2.43. The topological polar surface area (TPSA) is 40.6 Å². The van der Waals surface area contributed by atoms with Gasteiger partial charge in [-0.1, -0.05) is 25.4 Å². The number of hydrogen-bond donors (Lipinski definition) is 0. The minimum atomic E-state index is -3.40. The third kappa shape index (κ3) is 3.96. The van der Waals surface area contributed by atoms with Crippen molar-refractivity contribution in [1.29, 1.82) is 0 Å². The van der Waals surface area contributed by atoms with Crippen molar-refractivity contribution >= 4 is 21.6 Å². The van der Waals surface area contributed by atoms with Crippen LogP contribution in [0.15, 0.2) is 29.2 Å². The second kappa shape index (κ2) is 7.32. The van der Waals surface area contributed by atoms with Crippen molar-refractivity contribution in [3.8, 4) is 0 Å². The van der Waals surface area contributed by atoms with Crippen molar-refractivity contribution in [1.82, 2.24) is 9.21 Å². The van der Waals surface area contributed by atoms with E-state index in [1.165, 1.54) is 6.42 Å². The number of likely N-dealkylation sites (tertiary alicyclic amines) is 1. The van der Waals surface area contributed by atoms with Gasteiger partial charge in [0, 0.05) is 37.2 Å². The number of nitrogens with zero attached hydrogens (tertiary/aromatic N) is 2. The molecule has 0 amide bonds. The van der Waals surface area contributed by atoms with Gasteiger partial charge in [-0.3, -0.25) is 4.90 Å². The maximum absolute atomic E-state index is 12.8. The number of sulfonamides is 1. The third-order valence-electron chi connectivity index (χ3n) is 5.29. The van der Waals surface area contributed by atoms with Crippen molar-refractivity contribution in [3.63, 3.8) is 0 Å². The standard InChI is InChI=1S/C18H27ClN2O2S/c1-14-11-15(2)13-20(12-14)17-7-9-21(10-8-17)24(22,23)18-5-3-16(19)4-6-18/h3-6,14-15,17H,7-13H2,1-2H3/t14-,15-/m1/s1. The first-order chi connectivity index (χ1) is 11.4. The van der Waals surface area contributed by atoms with Crippen LogP contribution in [0.25, 0.3) is 0 Å². The van der Waals surface area contributed by atoms with E-state index in [-0.39, 0.29) is 0 Å². The molecule has 0 aromatic heterocycles. The zero-order valence-electron chi connectivity index (χ0n) is 14.5. The highest BCUT2D eigenvalue weighted by Gasteiger charge is 2.33. The van der Waals surface area contributed by atoms with Gasteiger partial charge in [0.25, 0.3) is 0 Å². The van der Waals surface area contributed by atoms with Crippen LogP contribution in [0.2, 0.25) is 5.02 Å². The first-order valence-corrected chi connectivity index (χ1v) is 10.7. The molecule has 1 aromatic carbocycles. The van der Waals surface area contributed by atoms with Gasteiger partial charge in [-0.05, 0) is 55.4 Å². The molecule has 2 atom stereocenters. The van der Waals surface area contributed by atoms with Crippen LogP contribution in [0, 0.1) is 11.8 Å². The van der Waals surface area contributed by atoms with Crippen LogP contribution in [0.5, 0.6) is 0 Å². The van der Waals surface area contributed by atoms with Crippen molar-refractivity contribution in [2.24, 2.45) is 11.8 Å². The molecule has 0 spiro atoms. The minimum absolute atomic E-state index is 0.338. The molecule has 0 radical (unpaired) electrons. The van der Waals surface area contributed by atoms with E-state index < -0.39 is 10.0 Å². The number of piperidine rings is 2. The largest absolute Gasteiger partial charge is 0.300 e. The summed E-state index contributed by atoms with van der Waals surface area (Å²) in [6.07, 6.45) is 3.15. The molecular weight excluding hydrogens is 344 g/mol. The SMILES string of the molecule is C[C@@H]1C[C@@H](C)CN(C2CCN(S(=O)(=O)c3ccc(Cl)cc3)CC2)C1. The van der Waals surface area contributed by atoms with Crippen molar-refractivity contribution in [3.05, 3.63) is 29.3 Å². The highest BCUT2D eigenvalue weighted by atomic mass is 35.5. The number of hydrogen-bond acceptors (Lipinski definition) is 3. The summed E-state index contributed by atoms with van der Waals surface area (Å²) in [6.45, 7) is 8.16. The monoisotopic (exact) mass is 370 g/mol. The van der Waals surface area contributed by atoms with Crippen molar-refractivity contribution in [2.45, 2.75) is 44.0 Å². The van der Waals surface area contributed by atoms with Crippen LogP contribution in [-0.4, -0.2) is 49.8 Å². The summed E-state index contributed by atoms with van der Waals surface area (Å²) in [7, 11) is -3.40. The summed E-state index contributed by atoms with van der Waals surface area (Å²) in [4.78, 5) is 2.93. The highest BCUT2D eigenvalue weighted by Crippen LogP contribution is 2.28. The zero-order valence-corrected chi connectivity index (χ0v) is 16.1. The molecule has 1 aromatic rings. The molecule has 24 heavy (non-hydrogen) atoms. The van der Waals surface area contributed by atoms with E-state index in [1.807, 2.05) is 0 Å². The molecule has 2 heterocycles. The maximum atomic E-state index is 12.8. The maximum Gasteiger partial charge on any atom is 0.243 e. The smallest absolute Gasteiger partial charge is 0.243 e. The first-order valence-electron chi connectivity index (χ1n) is 8.86. The fourth-order valence-corrected chi connectivity index (χ4v) is 5.81. The Hall–Kier alpha value is -0.620. The summed E-state index contributed by atoms with van der Waals surface area (Å²) in [5, 5.41) is 0.556. The van der Waals surface area contributed by atoms with Crippen LogP contribution in [-0.2, 0) is 10.0 Å². The van der Waals surface area contributed by atoms with E-state index in [4.69, 9.17) is 11.6 Å². The second-order valence-corrected chi connectivity index (χ2v) is 9.86. The van der Waals surface area contributed by atoms with Gasteiger partial charge in [0.15, 0.2) is 0 Å². The first kappa shape index (κ1) is 18.2. The van der Waals surface area contributed by atoms with E-state index in [0.29, 0.717) is 29.0 Å². The fraction of sp³-hybridized carbons (Fsp3) is 0.667. The lowest BCUT2D eigenvalue weighted by Crippen LogP contribution is -2.50. The van der Waals surface area contributed by atoms with Gasteiger partial charge in [0.2, 0.25) is 10.0 Å². The molecule has 2 fully saturated rings. The molecule has 2 aliphatic heterocycles. The van der Waals surface area contributed by atoms with Gasteiger partial charge < -0.3 is 0 Å². The molecule has 0 saturated carbocycles. The summed E-state index contributed by atoms with van der Waals surface area (Å²) in [5.41, 5.74) is 0. The molecule has 134 valence electrons. The number of benzene rings is 1. The molecule has 2 saturated heterocycles. The van der Waals surface area contributed by atoms with Gasteiger partial charge in [-0.15, -0.1) is 0 Å². The molecule has 4 nitrogen and oxygen atoms in total. The number of halogens is 1. The molecule has 0 N–H and O–H groups in total. The molecule has 6 heteroatoms. The normalized spacial score (nSPS) is 28.1. The predicted octanol–water partition coefficient (Wildman–Crippen LogP) is 3.47. The number of rotatable bonds is 3. The van der Waals surface area contributed by atoms with Gasteiger partial charge in [0.1, 0.15) is 0 Å². The van der Waals surface area contributed by atoms with E-state index in [1.54, 1.807) is 28.6 Å². The Morgan fingerprint density at radius 2 is 1.54 bits per heavy atom. The van der Waals surface area contributed by atoms with Gasteiger partial charge >= 0.3 is 0 Å². The Balaban J connectivity index is 1.63. The average Bonchev–Trinajstić information content (AvgIpc) is 2.54. The van der Waals surface area contributed by atoms with Gasteiger partial charge in [-0.25, -0.2) is 8.42 Å². The molecule has 0 unspecified atom stereocenters. The van der Waals surface area contributed by atoms with Crippen molar-refractivity contribution < 1.29 is 8.42 Å². The van der Waals surface area contributed by atoms with E-state index >= 15 is 0 Å². The lowest BCUT2D eigenvalue weighted by atomic mass is 9.89. The molecule has 2 aliphatic rings. The Morgan fingerprint density at radius 1 is 1.00 bits per heavy atom. The quantitative estimate of drug-likeness (QED) is 0.817. The highest BCUT2D eigenvalue weighted by molar-refractivity contribution is 7.89. The Kier molecular flexibility index (Phi) is 5.55. The van der Waals surface area contributed by atoms with Crippen LogP contribution >= 0.6 is 11.6 Å². The second-order valence-electron chi connectivity index (χ2n) is 7.49. The Bertz CT molecular complexity index is 644. The molecular formula is C18H27ClN2O2S. The van der Waals surface area contributed by atoms with Crippen LogP contribution in [0.3, 0.4) is 0 Å². The predicted molar refractivity (Wildman–Crippen MR) is 97.8 cm³/mol. The van der Waals surface area contributed by atoms with Gasteiger partial charge in [0.05, 0.1) is 4.90 Å². The van der Waals surface area contributed by atoms with Crippen molar-refractivity contribution in [2.75, 3.05) is 26.2 Å². The third-order valence-corrected chi connectivity index (χ3v) is 7.45. The Labute approximate surface area is 150 Å². The summed E-state index contributed by atoms with van der Waals surface area (Å²) >= 11 is 5.86. The summed E-state index contributed by atoms with van der Waals surface area (Å²) in [6, 6.07) is 6.98. The Morgan fingerprint density at radius 3 is 2.08 bits per heavy atom. The lowest BCUT2D eigenvalue weighted by molar-refractivity contribution is 0.0689. The molecule has 3 rings (SSSR count). The summed E-state index contributed by atoms with van der Waals surface area (Å²) < 4.78 is 27.1. The summed E-state index contributed by atoms with van der Waals surface area (Å²) in [5.74, 6) is 1.48. The minimum Gasteiger partial charge on any atom is -0.300 e. The van der Waals surface area contributed by atoms with E-state index in [9.17, 15) is 8.42 Å². The average molecular weight is 371 g/mol. The van der Waals surface area contributed by atoms with Crippen LogP contribution in [0.4, 0.5) is 0 Å². The molecule has 0 bridgehead atoms. The van der Waals surface area contributed by atoms with Crippen LogP contribution in [0.1, 0.15) is 33.1 Å². The zero-order chi connectivity index (χ0) is 17.3. The van der Waals surface area contributed by atoms with E-state index in [2.05, 4.69) is 18.7 Å².